The van der Waals surface area contributed by atoms with E-state index in [1.807, 2.05) is 13.0 Å². The first-order valence-corrected chi connectivity index (χ1v) is 10.5. The van der Waals surface area contributed by atoms with Crippen LogP contribution in [0.4, 0.5) is 0 Å². The SMILES string of the molecule is CO[C@H]1CN(C(=O)CCS(=O)(=O)c2ccccc2)C[C@H]1Cc1cc(C)no1. The van der Waals surface area contributed by atoms with E-state index < -0.39 is 9.84 Å². The van der Waals surface area contributed by atoms with Crippen LogP contribution >= 0.6 is 0 Å². The second kappa shape index (κ2) is 8.22. The molecule has 8 heteroatoms. The molecule has 1 amide bonds. The van der Waals surface area contributed by atoms with Crippen molar-refractivity contribution in [2.24, 2.45) is 5.92 Å². The van der Waals surface area contributed by atoms with Crippen molar-refractivity contribution in [1.29, 1.82) is 0 Å². The van der Waals surface area contributed by atoms with Crippen molar-refractivity contribution in [3.8, 4) is 0 Å². The zero-order chi connectivity index (χ0) is 19.4. The number of methoxy groups -OCH3 is 1. The molecule has 1 aliphatic rings. The van der Waals surface area contributed by atoms with E-state index in [1.54, 1.807) is 42.3 Å². The van der Waals surface area contributed by atoms with Gasteiger partial charge in [-0.15, -0.1) is 0 Å². The summed E-state index contributed by atoms with van der Waals surface area (Å²) in [5.74, 6) is 0.487. The highest BCUT2D eigenvalue weighted by Gasteiger charge is 2.36. The third-order valence-electron chi connectivity index (χ3n) is 4.86. The molecule has 1 aliphatic heterocycles. The van der Waals surface area contributed by atoms with E-state index in [4.69, 9.17) is 9.26 Å². The largest absolute Gasteiger partial charge is 0.379 e. The lowest BCUT2D eigenvalue weighted by molar-refractivity contribution is -0.130. The summed E-state index contributed by atoms with van der Waals surface area (Å²) < 4.78 is 35.5. The number of hydrogen-bond acceptors (Lipinski definition) is 6. The van der Waals surface area contributed by atoms with Crippen molar-refractivity contribution in [2.75, 3.05) is 26.0 Å². The molecule has 0 N–H and O–H groups in total. The average Bonchev–Trinajstić information content (AvgIpc) is 3.26. The molecule has 0 saturated carbocycles. The van der Waals surface area contributed by atoms with Gasteiger partial charge < -0.3 is 14.2 Å². The molecule has 0 bridgehead atoms. The van der Waals surface area contributed by atoms with Crippen LogP contribution in [0.5, 0.6) is 0 Å². The van der Waals surface area contributed by atoms with E-state index in [1.165, 1.54) is 0 Å². The zero-order valence-corrected chi connectivity index (χ0v) is 16.3. The number of amides is 1. The van der Waals surface area contributed by atoms with Gasteiger partial charge in [0.2, 0.25) is 5.91 Å². The van der Waals surface area contributed by atoms with Gasteiger partial charge in [0, 0.05) is 45.0 Å². The van der Waals surface area contributed by atoms with Gasteiger partial charge in [-0.3, -0.25) is 4.79 Å². The number of hydrogen-bond donors (Lipinski definition) is 0. The van der Waals surface area contributed by atoms with Crippen molar-refractivity contribution in [3.05, 3.63) is 47.9 Å². The second-order valence-corrected chi connectivity index (χ2v) is 8.96. The Morgan fingerprint density at radius 2 is 2.04 bits per heavy atom. The Balaban J connectivity index is 1.58. The Morgan fingerprint density at radius 3 is 2.67 bits per heavy atom. The van der Waals surface area contributed by atoms with Gasteiger partial charge >= 0.3 is 0 Å². The monoisotopic (exact) mass is 392 g/mol. The molecule has 27 heavy (non-hydrogen) atoms. The predicted molar refractivity (Wildman–Crippen MR) is 98.9 cm³/mol. The number of aryl methyl sites for hydroxylation is 1. The van der Waals surface area contributed by atoms with Crippen molar-refractivity contribution >= 4 is 15.7 Å². The molecular weight excluding hydrogens is 368 g/mol. The van der Waals surface area contributed by atoms with Crippen molar-refractivity contribution in [1.82, 2.24) is 10.1 Å². The standard InChI is InChI=1S/C19H24N2O5S/c1-14-10-16(26-20-14)11-15-12-21(13-18(15)25-2)19(22)8-9-27(23,24)17-6-4-3-5-7-17/h3-7,10,15,18H,8-9,11-13H2,1-2H3/t15-,18+/m1/s1. The first-order chi connectivity index (χ1) is 12.9. The van der Waals surface area contributed by atoms with Crippen LogP contribution in [-0.2, 0) is 25.8 Å². The molecule has 0 unspecified atom stereocenters. The summed E-state index contributed by atoms with van der Waals surface area (Å²) in [6.07, 6.45) is 0.484. The lowest BCUT2D eigenvalue weighted by Crippen LogP contribution is -2.31. The Labute approximate surface area is 159 Å². The smallest absolute Gasteiger partial charge is 0.223 e. The van der Waals surface area contributed by atoms with Crippen LogP contribution < -0.4 is 0 Å². The van der Waals surface area contributed by atoms with E-state index in [0.717, 1.165) is 11.5 Å². The number of rotatable bonds is 7. The van der Waals surface area contributed by atoms with Gasteiger partial charge in [-0.2, -0.15) is 0 Å². The van der Waals surface area contributed by atoms with Gasteiger partial charge in [-0.1, -0.05) is 23.4 Å². The summed E-state index contributed by atoms with van der Waals surface area (Å²) in [6, 6.07) is 10.1. The first kappa shape index (κ1) is 19.6. The van der Waals surface area contributed by atoms with Crippen LogP contribution in [0.3, 0.4) is 0 Å². The van der Waals surface area contributed by atoms with E-state index in [9.17, 15) is 13.2 Å². The average molecular weight is 392 g/mol. The van der Waals surface area contributed by atoms with Crippen LogP contribution in [0.25, 0.3) is 0 Å². The summed E-state index contributed by atoms with van der Waals surface area (Å²) in [6.45, 7) is 2.83. The molecule has 1 aromatic carbocycles. The van der Waals surface area contributed by atoms with E-state index in [-0.39, 0.29) is 35.0 Å². The molecule has 0 radical (unpaired) electrons. The highest BCUT2D eigenvalue weighted by atomic mass is 32.2. The maximum atomic E-state index is 12.6. The molecular formula is C19H24N2O5S. The zero-order valence-electron chi connectivity index (χ0n) is 15.5. The lowest BCUT2D eigenvalue weighted by atomic mass is 10.0. The van der Waals surface area contributed by atoms with E-state index >= 15 is 0 Å². The second-order valence-electron chi connectivity index (χ2n) is 6.85. The van der Waals surface area contributed by atoms with E-state index in [2.05, 4.69) is 5.16 Å². The van der Waals surface area contributed by atoms with Crippen molar-refractivity contribution in [3.63, 3.8) is 0 Å². The minimum Gasteiger partial charge on any atom is -0.379 e. The van der Waals surface area contributed by atoms with Gasteiger partial charge in [0.25, 0.3) is 0 Å². The molecule has 7 nitrogen and oxygen atoms in total. The van der Waals surface area contributed by atoms with E-state index in [0.29, 0.717) is 19.5 Å². The molecule has 1 aromatic heterocycles. The first-order valence-electron chi connectivity index (χ1n) is 8.89. The fourth-order valence-electron chi connectivity index (χ4n) is 3.40. The predicted octanol–water partition coefficient (Wildman–Crippen LogP) is 1.86. The molecule has 1 fully saturated rings. The quantitative estimate of drug-likeness (QED) is 0.714. The molecule has 0 spiro atoms. The Kier molecular flexibility index (Phi) is 5.96. The maximum Gasteiger partial charge on any atom is 0.223 e. The van der Waals surface area contributed by atoms with Gasteiger partial charge in [0.05, 0.1) is 22.4 Å². The van der Waals surface area contributed by atoms with Crippen LogP contribution in [0.15, 0.2) is 45.8 Å². The molecule has 2 heterocycles. The summed E-state index contributed by atoms with van der Waals surface area (Å²) in [5.41, 5.74) is 0.816. The van der Waals surface area contributed by atoms with Crippen molar-refractivity contribution < 1.29 is 22.5 Å². The number of aromatic nitrogens is 1. The summed E-state index contributed by atoms with van der Waals surface area (Å²) >= 11 is 0. The summed E-state index contributed by atoms with van der Waals surface area (Å²) in [7, 11) is -1.84. The number of carbonyl (C=O) groups is 1. The number of ether oxygens (including phenoxy) is 1. The van der Waals surface area contributed by atoms with Crippen LogP contribution in [0, 0.1) is 12.8 Å². The van der Waals surface area contributed by atoms with Crippen LogP contribution in [0.2, 0.25) is 0 Å². The third kappa shape index (κ3) is 4.75. The third-order valence-corrected chi connectivity index (χ3v) is 6.60. The number of carbonyl (C=O) groups excluding carboxylic acids is 1. The maximum absolute atomic E-state index is 12.6. The highest BCUT2D eigenvalue weighted by molar-refractivity contribution is 7.91. The highest BCUT2D eigenvalue weighted by Crippen LogP contribution is 2.25. The van der Waals surface area contributed by atoms with Gasteiger partial charge in [0.1, 0.15) is 5.76 Å². The number of benzene rings is 1. The minimum absolute atomic E-state index is 0.0399. The minimum atomic E-state index is -3.47. The van der Waals surface area contributed by atoms with Gasteiger partial charge in [-0.25, -0.2) is 8.42 Å². The topological polar surface area (TPSA) is 89.7 Å². The van der Waals surface area contributed by atoms with Crippen molar-refractivity contribution in [2.45, 2.75) is 30.8 Å². The number of likely N-dealkylation sites (tertiary alicyclic amines) is 1. The van der Waals surface area contributed by atoms with Gasteiger partial charge in [0.15, 0.2) is 9.84 Å². The fraction of sp³-hybridized carbons (Fsp3) is 0.474. The Morgan fingerprint density at radius 1 is 1.30 bits per heavy atom. The molecule has 0 aliphatic carbocycles. The normalized spacial score (nSPS) is 20.1. The molecule has 2 aromatic rings. The molecule has 2 atom stereocenters. The Bertz CT molecular complexity index is 879. The molecule has 146 valence electrons. The number of sulfone groups is 1. The molecule has 1 saturated heterocycles. The van der Waals surface area contributed by atoms with Gasteiger partial charge in [-0.05, 0) is 19.1 Å². The van der Waals surface area contributed by atoms with Crippen LogP contribution in [0.1, 0.15) is 17.9 Å². The molecule has 3 rings (SSSR count). The summed E-state index contributed by atoms with van der Waals surface area (Å²) in [4.78, 5) is 14.5. The fourth-order valence-corrected chi connectivity index (χ4v) is 4.66. The van der Waals surface area contributed by atoms with Crippen LogP contribution in [-0.4, -0.2) is 56.4 Å². The lowest BCUT2D eigenvalue weighted by Gasteiger charge is -2.16. The summed E-state index contributed by atoms with van der Waals surface area (Å²) in [5, 5.41) is 3.89. The Hall–Kier alpha value is -2.19. The number of nitrogens with zero attached hydrogens (tertiary/aromatic N) is 2.